The maximum Gasteiger partial charge on any atom is 0.199 e. The second-order valence-corrected chi connectivity index (χ2v) is 15.2. The predicted octanol–water partition coefficient (Wildman–Crippen LogP) is 2.19. The van der Waals surface area contributed by atoms with Gasteiger partial charge >= 0.3 is 0 Å². The number of aromatic amines is 1. The highest BCUT2D eigenvalue weighted by Gasteiger charge is 2.32. The molecule has 5 atom stereocenters. The maximum absolute atomic E-state index is 14.5. The molecule has 3 aromatic rings. The number of aliphatic hydroxyl groups is 1. The molecule has 0 fully saturated rings. The summed E-state index contributed by atoms with van der Waals surface area (Å²) < 4.78 is 58.4. The average Bonchev–Trinajstić information content (AvgIpc) is 3.48. The van der Waals surface area contributed by atoms with Gasteiger partial charge < -0.3 is 5.11 Å². The third-order valence-corrected chi connectivity index (χ3v) is 10.7. The molecule has 0 radical (unpaired) electrons. The van der Waals surface area contributed by atoms with Crippen LogP contribution in [0.2, 0.25) is 0 Å². The van der Waals surface area contributed by atoms with Crippen molar-refractivity contribution in [1.29, 1.82) is 0 Å². The van der Waals surface area contributed by atoms with Crippen LogP contribution in [0.1, 0.15) is 6.92 Å². The van der Waals surface area contributed by atoms with Gasteiger partial charge in [-0.05, 0) is 6.66 Å². The zero-order valence-corrected chi connectivity index (χ0v) is 19.3. The lowest BCUT2D eigenvalue weighted by molar-refractivity contribution is 0.0946. The highest BCUT2D eigenvalue weighted by molar-refractivity contribution is 8.31. The Hall–Kier alpha value is -1.18. The van der Waals surface area contributed by atoms with E-state index >= 15 is 0 Å². The first-order chi connectivity index (χ1) is 14.2. The number of halogens is 4. The number of nitrogens with zero attached hydrogens (tertiary/aromatic N) is 8. The van der Waals surface area contributed by atoms with E-state index in [1.54, 1.807) is 6.92 Å². The van der Waals surface area contributed by atoms with E-state index in [4.69, 9.17) is 0 Å². The summed E-state index contributed by atoms with van der Waals surface area (Å²) in [6.45, 7) is 2.76. The summed E-state index contributed by atoms with van der Waals surface area (Å²) >= 11 is 0. The van der Waals surface area contributed by atoms with Crippen molar-refractivity contribution in [2.24, 2.45) is 5.41 Å². The zero-order valence-electron chi connectivity index (χ0n) is 15.7. The Bertz CT molecular complexity index is 944. The molecule has 0 saturated carbocycles. The van der Waals surface area contributed by atoms with E-state index in [1.807, 2.05) is 0 Å². The molecule has 10 nitrogen and oxygen atoms in total. The second kappa shape index (κ2) is 9.96. The average molecular weight is 503 g/mol. The van der Waals surface area contributed by atoms with Crippen molar-refractivity contribution in [3.8, 4) is 0 Å². The van der Waals surface area contributed by atoms with Gasteiger partial charge in [0.2, 0.25) is 0 Å². The number of hydrogen-bond donors (Lipinski definition) is 2. The van der Waals surface area contributed by atoms with Crippen LogP contribution in [0.15, 0.2) is 18.6 Å². The second-order valence-electron chi connectivity index (χ2n) is 6.57. The van der Waals surface area contributed by atoms with Gasteiger partial charge in [-0.2, -0.15) is 0 Å². The van der Waals surface area contributed by atoms with Gasteiger partial charge in [0.15, 0.2) is 23.8 Å². The topological polar surface area (TPSA) is 123 Å². The molecule has 0 bridgehead atoms. The van der Waals surface area contributed by atoms with Crippen LogP contribution in [0.4, 0.5) is 16.8 Å². The SMILES string of the molecule is CP(F)P(F)c1cn(CC(C)(CO)Cn2cc(P(F)P(F)c3c[nH]nn3)nn2)nn1. The minimum absolute atomic E-state index is 0.0586. The molecule has 2 N–H and O–H groups in total. The predicted molar refractivity (Wildman–Crippen MR) is 109 cm³/mol. The lowest BCUT2D eigenvalue weighted by Crippen LogP contribution is -2.33. The minimum Gasteiger partial charge on any atom is -0.396 e. The van der Waals surface area contributed by atoms with Crippen LogP contribution in [-0.2, 0) is 13.1 Å². The molecule has 18 heteroatoms. The monoisotopic (exact) mass is 503 g/mol. The van der Waals surface area contributed by atoms with Crippen LogP contribution >= 0.6 is 31.7 Å². The van der Waals surface area contributed by atoms with E-state index in [1.165, 1.54) is 34.6 Å². The molecule has 5 unspecified atom stereocenters. The molecule has 0 aliphatic rings. The number of aromatic nitrogens is 9. The smallest absolute Gasteiger partial charge is 0.199 e. The highest BCUT2D eigenvalue weighted by atomic mass is 32.1. The standard InChI is InChI=1S/C12H17F4N9OP4/c1-12(8-26,6-24-4-10(19-22-24)28(14)27(2)13)7-25-5-11(20-23-25)30(16)29(15)9-3-17-21-18-9/h3-5,26H,6-8H2,1-2H3,(H,17,18,21). The molecule has 0 amide bonds. The van der Waals surface area contributed by atoms with E-state index in [9.17, 15) is 21.9 Å². The van der Waals surface area contributed by atoms with Gasteiger partial charge in [0.05, 0.1) is 38.3 Å². The van der Waals surface area contributed by atoms with Gasteiger partial charge in [-0.1, -0.05) is 22.6 Å². The zero-order chi connectivity index (χ0) is 21.9. The fraction of sp³-hybridized carbons (Fsp3) is 0.500. The number of hydrogen-bond acceptors (Lipinski definition) is 7. The fourth-order valence-electron chi connectivity index (χ4n) is 2.44. The van der Waals surface area contributed by atoms with Crippen molar-refractivity contribution in [2.75, 3.05) is 13.3 Å². The Kier molecular flexibility index (Phi) is 7.80. The van der Waals surface area contributed by atoms with E-state index < -0.39 is 37.1 Å². The first-order valence-electron chi connectivity index (χ1n) is 8.27. The maximum atomic E-state index is 14.5. The van der Waals surface area contributed by atoms with Crippen LogP contribution in [0.25, 0.3) is 0 Å². The van der Waals surface area contributed by atoms with Gasteiger partial charge in [-0.3, -0.25) is 14.5 Å². The van der Waals surface area contributed by atoms with Crippen molar-refractivity contribution >= 4 is 48.0 Å². The third-order valence-electron chi connectivity index (χ3n) is 3.89. The molecule has 30 heavy (non-hydrogen) atoms. The Morgan fingerprint density at radius 1 is 0.933 bits per heavy atom. The summed E-state index contributed by atoms with van der Waals surface area (Å²) in [6.07, 6.45) is 3.77. The minimum atomic E-state index is -2.75. The van der Waals surface area contributed by atoms with E-state index in [0.29, 0.717) is 0 Å². The summed E-state index contributed by atoms with van der Waals surface area (Å²) in [7, 11) is -10.3. The summed E-state index contributed by atoms with van der Waals surface area (Å²) in [5.74, 6) is 0. The lowest BCUT2D eigenvalue weighted by atomic mass is 9.92. The molecular formula is C12H17F4N9OP4. The quantitative estimate of drug-likeness (QED) is 0.321. The first kappa shape index (κ1) is 23.5. The largest absolute Gasteiger partial charge is 0.396 e. The molecule has 0 aromatic carbocycles. The van der Waals surface area contributed by atoms with Crippen LogP contribution in [0, 0.1) is 5.41 Å². The van der Waals surface area contributed by atoms with E-state index in [2.05, 4.69) is 36.0 Å². The summed E-state index contributed by atoms with van der Waals surface area (Å²) in [4.78, 5) is 0. The Labute approximate surface area is 173 Å². The Balaban J connectivity index is 1.68. The first-order valence-corrected chi connectivity index (χ1v) is 15.1. The van der Waals surface area contributed by atoms with Crippen molar-refractivity contribution in [3.63, 3.8) is 0 Å². The Morgan fingerprint density at radius 2 is 1.47 bits per heavy atom. The van der Waals surface area contributed by atoms with E-state index in [0.717, 1.165) is 0 Å². The molecule has 0 aliphatic carbocycles. The van der Waals surface area contributed by atoms with Crippen molar-refractivity contribution in [3.05, 3.63) is 18.6 Å². The van der Waals surface area contributed by atoms with Crippen molar-refractivity contribution < 1.29 is 21.9 Å². The summed E-state index contributed by atoms with van der Waals surface area (Å²) in [6, 6.07) is 0. The molecule has 0 spiro atoms. The molecule has 3 heterocycles. The van der Waals surface area contributed by atoms with Crippen LogP contribution in [0.5, 0.6) is 0 Å². The normalized spacial score (nSPS) is 18.0. The van der Waals surface area contributed by atoms with Gasteiger partial charge in [0, 0.05) is 5.41 Å². The van der Waals surface area contributed by atoms with Gasteiger partial charge in [-0.15, -0.1) is 15.3 Å². The number of nitrogens with one attached hydrogen (secondary N) is 1. The molecule has 3 aromatic heterocycles. The van der Waals surface area contributed by atoms with Gasteiger partial charge in [0.25, 0.3) is 0 Å². The Morgan fingerprint density at radius 3 is 1.93 bits per heavy atom. The van der Waals surface area contributed by atoms with E-state index in [-0.39, 0.29) is 36.0 Å². The summed E-state index contributed by atoms with van der Waals surface area (Å²) in [5, 5.41) is 34.0. The lowest BCUT2D eigenvalue weighted by Gasteiger charge is -2.26. The van der Waals surface area contributed by atoms with Gasteiger partial charge in [0.1, 0.15) is 24.2 Å². The van der Waals surface area contributed by atoms with Crippen molar-refractivity contribution in [2.45, 2.75) is 20.0 Å². The molecule has 0 saturated heterocycles. The van der Waals surface area contributed by atoms with Crippen molar-refractivity contribution in [1.82, 2.24) is 45.4 Å². The molecule has 164 valence electrons. The number of rotatable bonds is 10. The molecular weight excluding hydrogens is 486 g/mol. The van der Waals surface area contributed by atoms with Crippen LogP contribution in [-0.4, -0.2) is 63.8 Å². The highest BCUT2D eigenvalue weighted by Crippen LogP contribution is 2.69. The third kappa shape index (κ3) is 5.54. The summed E-state index contributed by atoms with van der Waals surface area (Å²) in [5.41, 5.74) is -1.16. The van der Waals surface area contributed by atoms with Crippen LogP contribution in [0.3, 0.4) is 0 Å². The van der Waals surface area contributed by atoms with Crippen LogP contribution < -0.4 is 16.3 Å². The molecule has 0 aliphatic heterocycles. The fourth-order valence-corrected chi connectivity index (χ4v) is 6.82. The molecule has 3 rings (SSSR count). The van der Waals surface area contributed by atoms with Gasteiger partial charge in [-0.25, -0.2) is 16.8 Å². The number of H-pyrrole nitrogens is 1. The number of aliphatic hydroxyl groups excluding tert-OH is 1.